The van der Waals surface area contributed by atoms with E-state index < -0.39 is 0 Å². The van der Waals surface area contributed by atoms with E-state index in [9.17, 15) is 9.90 Å². The van der Waals surface area contributed by atoms with Gasteiger partial charge in [0.25, 0.3) is 0 Å². The number of H-pyrrole nitrogens is 1. The minimum atomic E-state index is -0.00339. The van der Waals surface area contributed by atoms with Gasteiger partial charge in [0.05, 0.1) is 0 Å². The number of rotatable bonds is 4. The number of carbonyl (C=O) groups is 1. The highest BCUT2D eigenvalue weighted by Gasteiger charge is 2.56. The molecule has 6 N–H and O–H groups in total. The van der Waals surface area contributed by atoms with Crippen LogP contribution in [-0.2, 0) is 4.79 Å². The predicted molar refractivity (Wildman–Crippen MR) is 107 cm³/mol. The number of anilines is 1. The number of nitrogens with two attached hydrogens (primary N) is 2. The van der Waals surface area contributed by atoms with Gasteiger partial charge in [-0.2, -0.15) is 0 Å². The quantitative estimate of drug-likeness (QED) is 0.625. The van der Waals surface area contributed by atoms with Gasteiger partial charge in [-0.3, -0.25) is 4.79 Å². The van der Waals surface area contributed by atoms with E-state index in [1.54, 1.807) is 24.3 Å². The summed E-state index contributed by atoms with van der Waals surface area (Å²) in [6, 6.07) is 8.99. The monoisotopic (exact) mass is 364 g/mol. The largest absolute Gasteiger partial charge is 0.507 e. The molecule has 0 radical (unpaired) electrons. The SMILES string of the molecule is C=CC(=O)N1CC2(CCC2c2cc(/C=C(\N)c3ccccc3O)c(N)[nH]2)C1. The molecular formula is C21H24N4O2. The second kappa shape index (κ2) is 6.23. The van der Waals surface area contributed by atoms with Crippen LogP contribution in [0.5, 0.6) is 5.75 Å². The summed E-state index contributed by atoms with van der Waals surface area (Å²) < 4.78 is 0. The Balaban J connectivity index is 1.54. The fraction of sp³-hybridized carbons (Fsp3) is 0.286. The molecule has 2 aliphatic rings. The van der Waals surface area contributed by atoms with Gasteiger partial charge in [-0.1, -0.05) is 18.7 Å². The third-order valence-electron chi connectivity index (χ3n) is 5.97. The maximum atomic E-state index is 11.7. The number of nitrogens with zero attached hydrogens (tertiary/aromatic N) is 1. The molecule has 1 atom stereocenters. The van der Waals surface area contributed by atoms with Crippen LogP contribution in [-0.4, -0.2) is 34.0 Å². The van der Waals surface area contributed by atoms with E-state index in [-0.39, 0.29) is 17.1 Å². The Morgan fingerprint density at radius 1 is 1.37 bits per heavy atom. The van der Waals surface area contributed by atoms with Gasteiger partial charge in [-0.25, -0.2) is 0 Å². The number of aromatic nitrogens is 1. The molecule has 1 saturated heterocycles. The lowest BCUT2D eigenvalue weighted by molar-refractivity contribution is -0.147. The number of aromatic hydroxyl groups is 1. The lowest BCUT2D eigenvalue weighted by Gasteiger charge is -2.60. The second-order valence-electron chi connectivity index (χ2n) is 7.56. The summed E-state index contributed by atoms with van der Waals surface area (Å²) in [4.78, 5) is 16.9. The van der Waals surface area contributed by atoms with Crippen LogP contribution in [0.15, 0.2) is 43.0 Å². The van der Waals surface area contributed by atoms with Crippen LogP contribution in [0, 0.1) is 5.41 Å². The number of carbonyl (C=O) groups excluding carboxylic acids is 1. The van der Waals surface area contributed by atoms with Crippen LogP contribution in [0.3, 0.4) is 0 Å². The number of hydrogen-bond donors (Lipinski definition) is 4. The fourth-order valence-corrected chi connectivity index (χ4v) is 4.34. The summed E-state index contributed by atoms with van der Waals surface area (Å²) in [7, 11) is 0. The van der Waals surface area contributed by atoms with Crippen LogP contribution in [0.4, 0.5) is 5.82 Å². The van der Waals surface area contributed by atoms with Crippen LogP contribution in [0.2, 0.25) is 0 Å². The first-order chi connectivity index (χ1) is 12.9. The molecule has 2 heterocycles. The van der Waals surface area contributed by atoms with E-state index in [4.69, 9.17) is 11.5 Å². The molecule has 140 valence electrons. The number of amides is 1. The molecule has 2 aromatic rings. The second-order valence-corrected chi connectivity index (χ2v) is 7.56. The Labute approximate surface area is 158 Å². The Morgan fingerprint density at radius 3 is 2.74 bits per heavy atom. The molecule has 0 bridgehead atoms. The van der Waals surface area contributed by atoms with Crippen molar-refractivity contribution in [1.82, 2.24) is 9.88 Å². The maximum Gasteiger partial charge on any atom is 0.245 e. The van der Waals surface area contributed by atoms with Crippen molar-refractivity contribution in [3.05, 3.63) is 59.8 Å². The third kappa shape index (κ3) is 2.77. The molecule has 1 aromatic carbocycles. The number of aromatic amines is 1. The van der Waals surface area contributed by atoms with Crippen molar-refractivity contribution >= 4 is 23.5 Å². The molecule has 1 unspecified atom stereocenters. The van der Waals surface area contributed by atoms with Crippen molar-refractivity contribution in [2.75, 3.05) is 18.8 Å². The van der Waals surface area contributed by atoms with E-state index in [1.807, 2.05) is 17.0 Å². The third-order valence-corrected chi connectivity index (χ3v) is 5.97. The van der Waals surface area contributed by atoms with Crippen molar-refractivity contribution < 1.29 is 9.90 Å². The first-order valence-corrected chi connectivity index (χ1v) is 9.09. The number of phenolic OH excluding ortho intramolecular Hbond substituents is 1. The van der Waals surface area contributed by atoms with Gasteiger partial charge in [0, 0.05) is 46.9 Å². The predicted octanol–water partition coefficient (Wildman–Crippen LogP) is 2.65. The highest BCUT2D eigenvalue weighted by Crippen LogP contribution is 2.58. The summed E-state index contributed by atoms with van der Waals surface area (Å²) in [6.45, 7) is 5.10. The van der Waals surface area contributed by atoms with E-state index in [1.165, 1.54) is 6.08 Å². The number of hydrogen-bond acceptors (Lipinski definition) is 4. The number of nitrogen functional groups attached to an aromatic ring is 1. The van der Waals surface area contributed by atoms with Gasteiger partial charge in [0.2, 0.25) is 5.91 Å². The zero-order valence-corrected chi connectivity index (χ0v) is 15.1. The molecule has 6 nitrogen and oxygen atoms in total. The molecule has 2 fully saturated rings. The van der Waals surface area contributed by atoms with Crippen LogP contribution in [0.1, 0.15) is 35.6 Å². The van der Waals surface area contributed by atoms with Gasteiger partial charge in [0.1, 0.15) is 11.6 Å². The van der Waals surface area contributed by atoms with Gasteiger partial charge < -0.3 is 26.5 Å². The maximum absolute atomic E-state index is 11.7. The summed E-state index contributed by atoms with van der Waals surface area (Å²) in [5.41, 5.74) is 15.4. The number of nitrogens with one attached hydrogen (secondary N) is 1. The molecule has 1 aromatic heterocycles. The Morgan fingerprint density at radius 2 is 2.11 bits per heavy atom. The fourth-order valence-electron chi connectivity index (χ4n) is 4.34. The molecule has 4 rings (SSSR count). The number of benzene rings is 1. The van der Waals surface area contributed by atoms with Crippen molar-refractivity contribution in [3.8, 4) is 5.75 Å². The zero-order valence-electron chi connectivity index (χ0n) is 15.1. The standard InChI is InChI=1S/C21H24N4O2/c1-2-19(27)25-11-21(12-25)8-7-15(21)17-10-13(20(23)24-17)9-16(22)14-5-3-4-6-18(14)26/h2-6,9-10,15,24,26H,1,7-8,11-12,22-23H2/b16-9-. The minimum Gasteiger partial charge on any atom is -0.507 e. The summed E-state index contributed by atoms with van der Waals surface area (Å²) in [5, 5.41) is 9.97. The first kappa shape index (κ1) is 17.3. The molecule has 1 spiro atoms. The zero-order chi connectivity index (χ0) is 19.2. The van der Waals surface area contributed by atoms with Crippen LogP contribution >= 0.6 is 0 Å². The molecule has 6 heteroatoms. The number of likely N-dealkylation sites (tertiary alicyclic amines) is 1. The Bertz CT molecular complexity index is 937. The van der Waals surface area contributed by atoms with Gasteiger partial charge in [0.15, 0.2) is 0 Å². The molecule has 1 amide bonds. The van der Waals surface area contributed by atoms with Crippen molar-refractivity contribution in [2.24, 2.45) is 11.1 Å². The van der Waals surface area contributed by atoms with Crippen molar-refractivity contribution in [3.63, 3.8) is 0 Å². The average molecular weight is 364 g/mol. The topological polar surface area (TPSA) is 108 Å². The molecular weight excluding hydrogens is 340 g/mol. The molecule has 27 heavy (non-hydrogen) atoms. The smallest absolute Gasteiger partial charge is 0.245 e. The normalized spacial score (nSPS) is 20.8. The molecule has 1 aliphatic carbocycles. The highest BCUT2D eigenvalue weighted by molar-refractivity contribution is 5.88. The minimum absolute atomic E-state index is 0.00339. The van der Waals surface area contributed by atoms with Crippen molar-refractivity contribution in [2.45, 2.75) is 18.8 Å². The number of para-hydroxylation sites is 1. The first-order valence-electron chi connectivity index (χ1n) is 9.09. The Hall–Kier alpha value is -3.15. The van der Waals surface area contributed by atoms with Crippen LogP contribution < -0.4 is 11.5 Å². The average Bonchev–Trinajstić information content (AvgIpc) is 2.92. The molecule has 1 aliphatic heterocycles. The Kier molecular flexibility index (Phi) is 3.98. The van der Waals surface area contributed by atoms with E-state index in [0.717, 1.165) is 37.2 Å². The summed E-state index contributed by atoms with van der Waals surface area (Å²) >= 11 is 0. The summed E-state index contributed by atoms with van der Waals surface area (Å²) in [6.07, 6.45) is 5.35. The van der Waals surface area contributed by atoms with Crippen molar-refractivity contribution in [1.29, 1.82) is 0 Å². The van der Waals surface area contributed by atoms with Crippen LogP contribution in [0.25, 0.3) is 11.8 Å². The van der Waals surface area contributed by atoms with Gasteiger partial charge in [-0.05, 0) is 43.2 Å². The van der Waals surface area contributed by atoms with E-state index in [0.29, 0.717) is 23.0 Å². The number of phenols is 1. The van der Waals surface area contributed by atoms with Gasteiger partial charge in [-0.15, -0.1) is 0 Å². The lowest BCUT2D eigenvalue weighted by atomic mass is 9.54. The molecule has 1 saturated carbocycles. The van der Waals surface area contributed by atoms with E-state index >= 15 is 0 Å². The highest BCUT2D eigenvalue weighted by atomic mass is 16.3. The summed E-state index contributed by atoms with van der Waals surface area (Å²) in [5.74, 6) is 1.06. The van der Waals surface area contributed by atoms with E-state index in [2.05, 4.69) is 11.6 Å². The van der Waals surface area contributed by atoms with Gasteiger partial charge >= 0.3 is 0 Å². The lowest BCUT2D eigenvalue weighted by Crippen LogP contribution is -2.64.